The molecule has 0 fully saturated rings. The SMILES string of the molecule is CCOC(=O)c1cccc(NC(=O)CC2Sc3ccc(Br)cc3NC2=O)c1. The van der Waals surface area contributed by atoms with Crippen LogP contribution >= 0.6 is 27.7 Å². The lowest BCUT2D eigenvalue weighted by Gasteiger charge is -2.23. The maximum Gasteiger partial charge on any atom is 0.338 e. The molecule has 1 atom stereocenters. The molecule has 1 heterocycles. The second kappa shape index (κ2) is 8.58. The number of carbonyl (C=O) groups excluding carboxylic acids is 3. The van der Waals surface area contributed by atoms with E-state index >= 15 is 0 Å². The first-order chi connectivity index (χ1) is 13.0. The molecular formula is C19H17BrN2O4S. The summed E-state index contributed by atoms with van der Waals surface area (Å²) >= 11 is 4.73. The topological polar surface area (TPSA) is 84.5 Å². The summed E-state index contributed by atoms with van der Waals surface area (Å²) in [5, 5.41) is 5.04. The Kier molecular flexibility index (Phi) is 6.18. The largest absolute Gasteiger partial charge is 0.462 e. The van der Waals surface area contributed by atoms with E-state index in [9.17, 15) is 14.4 Å². The van der Waals surface area contributed by atoms with Crippen LogP contribution in [0.5, 0.6) is 0 Å². The van der Waals surface area contributed by atoms with Crippen LogP contribution in [0.3, 0.4) is 0 Å². The summed E-state index contributed by atoms with van der Waals surface area (Å²) in [6.07, 6.45) is 0.0235. The number of fused-ring (bicyclic) bond motifs is 1. The predicted octanol–water partition coefficient (Wildman–Crippen LogP) is 4.07. The summed E-state index contributed by atoms with van der Waals surface area (Å²) in [7, 11) is 0. The van der Waals surface area contributed by atoms with Gasteiger partial charge in [-0.05, 0) is 43.3 Å². The summed E-state index contributed by atoms with van der Waals surface area (Å²) in [4.78, 5) is 37.4. The van der Waals surface area contributed by atoms with Crippen molar-refractivity contribution in [3.05, 3.63) is 52.5 Å². The normalized spacial score (nSPS) is 15.5. The molecule has 6 nitrogen and oxygen atoms in total. The van der Waals surface area contributed by atoms with Gasteiger partial charge in [0.05, 0.1) is 23.1 Å². The number of ether oxygens (including phenoxy) is 1. The molecular weight excluding hydrogens is 432 g/mol. The Hall–Kier alpha value is -2.32. The Morgan fingerprint density at radius 1 is 1.26 bits per heavy atom. The molecule has 0 bridgehead atoms. The highest BCUT2D eigenvalue weighted by atomic mass is 79.9. The zero-order valence-electron chi connectivity index (χ0n) is 14.5. The number of benzene rings is 2. The molecule has 2 amide bonds. The standard InChI is InChI=1S/C19H17BrN2O4S/c1-2-26-19(25)11-4-3-5-13(8-11)21-17(23)10-16-18(24)22-14-9-12(20)6-7-15(14)27-16/h3-9,16H,2,10H2,1H3,(H,21,23)(H,22,24). The van der Waals surface area contributed by atoms with Gasteiger partial charge in [-0.3, -0.25) is 9.59 Å². The van der Waals surface area contributed by atoms with Crippen LogP contribution in [0.25, 0.3) is 0 Å². The van der Waals surface area contributed by atoms with Gasteiger partial charge < -0.3 is 15.4 Å². The van der Waals surface area contributed by atoms with Crippen LogP contribution in [0.2, 0.25) is 0 Å². The minimum Gasteiger partial charge on any atom is -0.462 e. The summed E-state index contributed by atoms with van der Waals surface area (Å²) < 4.78 is 5.83. The molecule has 2 aromatic rings. The second-order valence-electron chi connectivity index (χ2n) is 5.79. The maximum atomic E-state index is 12.4. The van der Waals surface area contributed by atoms with E-state index in [1.165, 1.54) is 11.8 Å². The highest BCUT2D eigenvalue weighted by Gasteiger charge is 2.29. The number of hydrogen-bond acceptors (Lipinski definition) is 5. The van der Waals surface area contributed by atoms with Gasteiger partial charge in [-0.25, -0.2) is 4.79 Å². The van der Waals surface area contributed by atoms with Crippen LogP contribution in [0.1, 0.15) is 23.7 Å². The molecule has 0 radical (unpaired) electrons. The van der Waals surface area contributed by atoms with E-state index < -0.39 is 11.2 Å². The highest BCUT2D eigenvalue weighted by molar-refractivity contribution is 9.10. The van der Waals surface area contributed by atoms with Crippen molar-refractivity contribution in [2.24, 2.45) is 0 Å². The molecule has 0 aliphatic carbocycles. The Morgan fingerprint density at radius 2 is 2.07 bits per heavy atom. The van der Waals surface area contributed by atoms with Crippen LogP contribution < -0.4 is 10.6 Å². The van der Waals surface area contributed by atoms with Crippen LogP contribution in [-0.4, -0.2) is 29.6 Å². The average Bonchev–Trinajstić information content (AvgIpc) is 2.63. The first-order valence-electron chi connectivity index (χ1n) is 8.30. The van der Waals surface area contributed by atoms with Crippen molar-refractivity contribution in [1.82, 2.24) is 0 Å². The summed E-state index contributed by atoms with van der Waals surface area (Å²) in [6.45, 7) is 2.01. The summed E-state index contributed by atoms with van der Waals surface area (Å²) in [5.74, 6) is -0.955. The van der Waals surface area contributed by atoms with E-state index in [-0.39, 0.29) is 24.8 Å². The van der Waals surface area contributed by atoms with Gasteiger partial charge in [0.1, 0.15) is 0 Å². The fourth-order valence-corrected chi connectivity index (χ4v) is 4.03. The van der Waals surface area contributed by atoms with Gasteiger partial charge in [0, 0.05) is 21.5 Å². The summed E-state index contributed by atoms with van der Waals surface area (Å²) in [6, 6.07) is 12.1. The Bertz CT molecular complexity index is 903. The maximum absolute atomic E-state index is 12.4. The van der Waals surface area contributed by atoms with Gasteiger partial charge in [0.2, 0.25) is 11.8 Å². The minimum atomic E-state index is -0.521. The van der Waals surface area contributed by atoms with Gasteiger partial charge in [0.25, 0.3) is 0 Å². The quantitative estimate of drug-likeness (QED) is 0.673. The van der Waals surface area contributed by atoms with Gasteiger partial charge in [-0.2, -0.15) is 0 Å². The molecule has 140 valence electrons. The fourth-order valence-electron chi connectivity index (χ4n) is 2.58. The number of amides is 2. The lowest BCUT2D eigenvalue weighted by atomic mass is 10.2. The van der Waals surface area contributed by atoms with E-state index in [2.05, 4.69) is 26.6 Å². The van der Waals surface area contributed by atoms with Crippen molar-refractivity contribution in [3.63, 3.8) is 0 Å². The third kappa shape index (κ3) is 4.90. The monoisotopic (exact) mass is 448 g/mol. The lowest BCUT2D eigenvalue weighted by Crippen LogP contribution is -2.32. The van der Waals surface area contributed by atoms with Gasteiger partial charge in [0.15, 0.2) is 0 Å². The number of halogens is 1. The number of nitrogens with one attached hydrogen (secondary N) is 2. The summed E-state index contributed by atoms with van der Waals surface area (Å²) in [5.41, 5.74) is 1.58. The molecule has 1 aliphatic heterocycles. The van der Waals surface area contributed by atoms with Gasteiger partial charge in [-0.15, -0.1) is 11.8 Å². The zero-order valence-corrected chi connectivity index (χ0v) is 16.9. The van der Waals surface area contributed by atoms with Crippen LogP contribution in [0.15, 0.2) is 51.8 Å². The average molecular weight is 449 g/mol. The first-order valence-corrected chi connectivity index (χ1v) is 9.97. The molecule has 2 aromatic carbocycles. The number of anilines is 2. The Labute approximate surface area is 169 Å². The van der Waals surface area contributed by atoms with Crippen molar-refractivity contribution in [2.75, 3.05) is 17.2 Å². The molecule has 3 rings (SSSR count). The number of carbonyl (C=O) groups is 3. The van der Waals surface area contributed by atoms with E-state index in [1.807, 2.05) is 18.2 Å². The van der Waals surface area contributed by atoms with Gasteiger partial charge in [-0.1, -0.05) is 22.0 Å². The molecule has 2 N–H and O–H groups in total. The van der Waals surface area contributed by atoms with Crippen molar-refractivity contribution >= 4 is 56.9 Å². The van der Waals surface area contributed by atoms with Crippen molar-refractivity contribution in [1.29, 1.82) is 0 Å². The highest BCUT2D eigenvalue weighted by Crippen LogP contribution is 2.38. The molecule has 1 aliphatic rings. The number of hydrogen-bond donors (Lipinski definition) is 2. The molecule has 1 unspecified atom stereocenters. The Balaban J connectivity index is 1.64. The smallest absolute Gasteiger partial charge is 0.338 e. The molecule has 27 heavy (non-hydrogen) atoms. The number of thioether (sulfide) groups is 1. The zero-order chi connectivity index (χ0) is 19.4. The molecule has 0 saturated carbocycles. The second-order valence-corrected chi connectivity index (χ2v) is 7.95. The van der Waals surface area contributed by atoms with E-state index in [0.29, 0.717) is 11.3 Å². The van der Waals surface area contributed by atoms with Crippen molar-refractivity contribution in [2.45, 2.75) is 23.5 Å². The van der Waals surface area contributed by atoms with E-state index in [0.717, 1.165) is 15.1 Å². The van der Waals surface area contributed by atoms with Crippen molar-refractivity contribution in [3.8, 4) is 0 Å². The fraction of sp³-hybridized carbons (Fsp3) is 0.211. The van der Waals surface area contributed by atoms with Crippen molar-refractivity contribution < 1.29 is 19.1 Å². The van der Waals surface area contributed by atoms with Gasteiger partial charge >= 0.3 is 5.97 Å². The van der Waals surface area contributed by atoms with Crippen LogP contribution in [0, 0.1) is 0 Å². The number of rotatable bonds is 5. The third-order valence-electron chi connectivity index (χ3n) is 3.79. The van der Waals surface area contributed by atoms with Crippen LogP contribution in [-0.2, 0) is 14.3 Å². The van der Waals surface area contributed by atoms with Crippen LogP contribution in [0.4, 0.5) is 11.4 Å². The number of esters is 1. The minimum absolute atomic E-state index is 0.0235. The Morgan fingerprint density at radius 3 is 2.85 bits per heavy atom. The van der Waals surface area contributed by atoms with E-state index in [4.69, 9.17) is 4.74 Å². The lowest BCUT2D eigenvalue weighted by molar-refractivity contribution is -0.120. The predicted molar refractivity (Wildman–Crippen MR) is 108 cm³/mol. The first kappa shape index (κ1) is 19.4. The molecule has 8 heteroatoms. The molecule has 0 aromatic heterocycles. The molecule has 0 saturated heterocycles. The third-order valence-corrected chi connectivity index (χ3v) is 5.56. The molecule has 0 spiro atoms. The van der Waals surface area contributed by atoms with E-state index in [1.54, 1.807) is 31.2 Å².